The molecule has 0 spiro atoms. The van der Waals surface area contributed by atoms with Crippen LogP contribution in [0.25, 0.3) is 0 Å². The lowest BCUT2D eigenvalue weighted by atomic mass is 10.2. The maximum Gasteiger partial charge on any atom is 0.251 e. The van der Waals surface area contributed by atoms with Crippen LogP contribution in [0, 0.1) is 0 Å². The van der Waals surface area contributed by atoms with E-state index in [2.05, 4.69) is 15.0 Å². The average molecular weight is 462 g/mol. The number of hydrogen-bond acceptors (Lipinski definition) is 7. The Labute approximate surface area is 185 Å². The third-order valence-corrected chi connectivity index (χ3v) is 6.52. The van der Waals surface area contributed by atoms with E-state index >= 15 is 0 Å². The van der Waals surface area contributed by atoms with E-state index in [9.17, 15) is 13.2 Å². The van der Waals surface area contributed by atoms with Gasteiger partial charge in [-0.3, -0.25) is 4.79 Å². The van der Waals surface area contributed by atoms with Crippen molar-refractivity contribution in [2.75, 3.05) is 20.3 Å². The number of aromatic nitrogens is 1. The Hall–Kier alpha value is -2.79. The number of nitrogens with zero attached hydrogens (tertiary/aromatic N) is 1. The van der Waals surface area contributed by atoms with E-state index in [1.807, 2.05) is 23.6 Å². The molecule has 2 heterocycles. The summed E-state index contributed by atoms with van der Waals surface area (Å²) in [5.74, 6) is 0.174. The van der Waals surface area contributed by atoms with Gasteiger partial charge < -0.3 is 14.8 Å². The highest BCUT2D eigenvalue weighted by molar-refractivity contribution is 7.89. The fourth-order valence-electron chi connectivity index (χ4n) is 2.56. The zero-order chi connectivity index (χ0) is 22.1. The highest BCUT2D eigenvalue weighted by Gasteiger charge is 2.15. The number of carbonyl (C=O) groups is 1. The van der Waals surface area contributed by atoms with Crippen LogP contribution in [-0.4, -0.2) is 39.6 Å². The van der Waals surface area contributed by atoms with Gasteiger partial charge in [-0.05, 0) is 41.3 Å². The molecule has 0 bridgehead atoms. The van der Waals surface area contributed by atoms with Gasteiger partial charge in [0.2, 0.25) is 15.9 Å². The molecule has 1 aromatic carbocycles. The maximum absolute atomic E-state index is 12.4. The third kappa shape index (κ3) is 6.86. The van der Waals surface area contributed by atoms with Crippen molar-refractivity contribution in [1.82, 2.24) is 15.0 Å². The highest BCUT2D eigenvalue weighted by Crippen LogP contribution is 2.14. The number of sulfonamides is 1. The van der Waals surface area contributed by atoms with Crippen molar-refractivity contribution >= 4 is 27.3 Å². The molecule has 3 rings (SSSR count). The summed E-state index contributed by atoms with van der Waals surface area (Å²) in [5, 5.41) is 4.67. The van der Waals surface area contributed by atoms with Gasteiger partial charge in [-0.1, -0.05) is 12.1 Å². The molecule has 0 saturated heterocycles. The molecule has 0 aliphatic carbocycles. The van der Waals surface area contributed by atoms with Crippen LogP contribution >= 0.6 is 11.3 Å². The van der Waals surface area contributed by atoms with E-state index in [0.29, 0.717) is 24.7 Å². The van der Waals surface area contributed by atoms with Crippen LogP contribution in [0.1, 0.15) is 20.8 Å². The van der Waals surface area contributed by atoms with Crippen molar-refractivity contribution in [2.24, 2.45) is 0 Å². The predicted molar refractivity (Wildman–Crippen MR) is 118 cm³/mol. The normalized spacial score (nSPS) is 11.3. The molecular formula is C21H23N3O5S2. The molecule has 0 unspecified atom stereocenters. The van der Waals surface area contributed by atoms with Crippen LogP contribution in [0.4, 0.5) is 0 Å². The first kappa shape index (κ1) is 22.9. The summed E-state index contributed by atoms with van der Waals surface area (Å²) >= 11 is 1.48. The molecule has 0 aliphatic rings. The first-order chi connectivity index (χ1) is 15.0. The van der Waals surface area contributed by atoms with Gasteiger partial charge in [0.1, 0.15) is 6.61 Å². The summed E-state index contributed by atoms with van der Waals surface area (Å²) in [6.07, 6.45) is 1.62. The van der Waals surface area contributed by atoms with Crippen molar-refractivity contribution < 1.29 is 22.7 Å². The Morgan fingerprint density at radius 3 is 2.52 bits per heavy atom. The minimum absolute atomic E-state index is 0.105. The summed E-state index contributed by atoms with van der Waals surface area (Å²) in [6, 6.07) is 13.1. The molecule has 2 aromatic heterocycles. The van der Waals surface area contributed by atoms with E-state index in [-0.39, 0.29) is 23.9 Å². The largest absolute Gasteiger partial charge is 0.475 e. The zero-order valence-electron chi connectivity index (χ0n) is 16.9. The van der Waals surface area contributed by atoms with Crippen LogP contribution in [0.15, 0.2) is 65.0 Å². The SMILES string of the molecule is COCCOc1ccc(CNC(=O)c2ccc(S(=O)(=O)NCc3cccs3)cc2)cn1. The molecule has 0 radical (unpaired) electrons. The summed E-state index contributed by atoms with van der Waals surface area (Å²) in [6.45, 7) is 1.40. The number of carbonyl (C=O) groups excluding carboxylic acids is 1. The number of ether oxygens (including phenoxy) is 2. The standard InChI is InChI=1S/C21H23N3O5S2/c1-28-10-11-29-20-9-4-16(13-22-20)14-23-21(25)17-5-7-19(8-6-17)31(26,27)24-15-18-3-2-12-30-18/h2-9,12-13,24H,10-11,14-15H2,1H3,(H,23,25). The van der Waals surface area contributed by atoms with E-state index in [4.69, 9.17) is 9.47 Å². The second-order valence-corrected chi connectivity index (χ2v) is 9.26. The van der Waals surface area contributed by atoms with Gasteiger partial charge in [-0.25, -0.2) is 18.1 Å². The Kier molecular flexibility index (Phi) is 8.13. The predicted octanol–water partition coefficient (Wildman–Crippen LogP) is 2.58. The van der Waals surface area contributed by atoms with Gasteiger partial charge in [-0.15, -0.1) is 11.3 Å². The Morgan fingerprint density at radius 2 is 1.87 bits per heavy atom. The lowest BCUT2D eigenvalue weighted by Crippen LogP contribution is -2.24. The molecule has 1 amide bonds. The minimum Gasteiger partial charge on any atom is -0.475 e. The zero-order valence-corrected chi connectivity index (χ0v) is 18.5. The van der Waals surface area contributed by atoms with Crippen LogP contribution in [0.5, 0.6) is 5.88 Å². The molecular weight excluding hydrogens is 438 g/mol. The Bertz CT molecular complexity index is 1070. The monoisotopic (exact) mass is 461 g/mol. The molecule has 0 aliphatic heterocycles. The summed E-state index contributed by atoms with van der Waals surface area (Å²) in [4.78, 5) is 17.6. The molecule has 0 fully saturated rings. The molecule has 0 saturated carbocycles. The number of pyridine rings is 1. The number of hydrogen-bond donors (Lipinski definition) is 2. The smallest absolute Gasteiger partial charge is 0.251 e. The quantitative estimate of drug-likeness (QED) is 0.425. The molecule has 0 atom stereocenters. The molecule has 31 heavy (non-hydrogen) atoms. The maximum atomic E-state index is 12.4. The Morgan fingerprint density at radius 1 is 1.06 bits per heavy atom. The van der Waals surface area contributed by atoms with Gasteiger partial charge in [-0.2, -0.15) is 0 Å². The fourth-order valence-corrected chi connectivity index (χ4v) is 4.31. The number of rotatable bonds is 11. The van der Waals surface area contributed by atoms with Gasteiger partial charge in [0, 0.05) is 42.9 Å². The van der Waals surface area contributed by atoms with Crippen LogP contribution in [0.3, 0.4) is 0 Å². The van der Waals surface area contributed by atoms with E-state index in [1.54, 1.807) is 19.4 Å². The van der Waals surface area contributed by atoms with Gasteiger partial charge >= 0.3 is 0 Å². The number of thiophene rings is 1. The molecule has 2 N–H and O–H groups in total. The third-order valence-electron chi connectivity index (χ3n) is 4.23. The van der Waals surface area contributed by atoms with E-state index in [1.165, 1.54) is 35.6 Å². The number of nitrogens with one attached hydrogen (secondary N) is 2. The summed E-state index contributed by atoms with van der Waals surface area (Å²) < 4.78 is 37.7. The minimum atomic E-state index is -3.65. The van der Waals surface area contributed by atoms with Crippen molar-refractivity contribution in [1.29, 1.82) is 0 Å². The highest BCUT2D eigenvalue weighted by atomic mass is 32.2. The van der Waals surface area contributed by atoms with Crippen molar-refractivity contribution in [2.45, 2.75) is 18.0 Å². The average Bonchev–Trinajstić information content (AvgIpc) is 3.31. The number of methoxy groups -OCH3 is 1. The van der Waals surface area contributed by atoms with Crippen molar-refractivity contribution in [3.8, 4) is 5.88 Å². The van der Waals surface area contributed by atoms with E-state index in [0.717, 1.165) is 10.4 Å². The van der Waals surface area contributed by atoms with Gasteiger partial charge in [0.15, 0.2) is 0 Å². The van der Waals surface area contributed by atoms with Gasteiger partial charge in [0.05, 0.1) is 11.5 Å². The second kappa shape index (κ2) is 11.0. The van der Waals surface area contributed by atoms with Gasteiger partial charge in [0.25, 0.3) is 5.91 Å². The number of amides is 1. The van der Waals surface area contributed by atoms with E-state index < -0.39 is 10.0 Å². The molecule has 3 aromatic rings. The summed E-state index contributed by atoms with van der Waals surface area (Å²) in [7, 11) is -2.05. The molecule has 10 heteroatoms. The van der Waals surface area contributed by atoms with Crippen LogP contribution in [0.2, 0.25) is 0 Å². The fraction of sp³-hybridized carbons (Fsp3) is 0.238. The Balaban J connectivity index is 1.51. The first-order valence-electron chi connectivity index (χ1n) is 9.45. The number of benzene rings is 1. The van der Waals surface area contributed by atoms with Crippen LogP contribution < -0.4 is 14.8 Å². The molecule has 164 valence electrons. The lowest BCUT2D eigenvalue weighted by Gasteiger charge is -2.09. The van der Waals surface area contributed by atoms with Crippen molar-refractivity contribution in [3.63, 3.8) is 0 Å². The summed E-state index contributed by atoms with van der Waals surface area (Å²) in [5.41, 5.74) is 1.18. The topological polar surface area (TPSA) is 107 Å². The first-order valence-corrected chi connectivity index (χ1v) is 11.8. The van der Waals surface area contributed by atoms with Crippen molar-refractivity contribution in [3.05, 3.63) is 76.1 Å². The lowest BCUT2D eigenvalue weighted by molar-refractivity contribution is 0.0950. The second-order valence-electron chi connectivity index (χ2n) is 6.46. The van der Waals surface area contributed by atoms with Crippen LogP contribution in [-0.2, 0) is 27.8 Å². The molecule has 8 nitrogen and oxygen atoms in total.